The largest absolute Gasteiger partial charge is 0.368 e. The summed E-state index contributed by atoms with van der Waals surface area (Å²) >= 11 is 0. The molecule has 2 heterocycles. The molecule has 8 nitrogen and oxygen atoms in total. The molecule has 2 aliphatic rings. The highest BCUT2D eigenvalue weighted by Gasteiger charge is 2.31. The quantitative estimate of drug-likeness (QED) is 0.717. The fourth-order valence-electron chi connectivity index (χ4n) is 3.96. The van der Waals surface area contributed by atoms with Gasteiger partial charge in [-0.05, 0) is 55.7 Å². The highest BCUT2D eigenvalue weighted by molar-refractivity contribution is 7.92. The van der Waals surface area contributed by atoms with Gasteiger partial charge < -0.3 is 14.5 Å². The molecular formula is C23H26FN3O5S. The van der Waals surface area contributed by atoms with Gasteiger partial charge in [0.05, 0.1) is 4.90 Å². The second-order valence-corrected chi connectivity index (χ2v) is 9.90. The minimum absolute atomic E-state index is 0.0245. The molecule has 2 aliphatic heterocycles. The van der Waals surface area contributed by atoms with Gasteiger partial charge in [0.15, 0.2) is 0 Å². The van der Waals surface area contributed by atoms with E-state index in [-0.39, 0.29) is 28.5 Å². The number of piperazine rings is 1. The van der Waals surface area contributed by atoms with Crippen molar-refractivity contribution in [1.82, 2.24) is 9.80 Å². The number of halogens is 1. The highest BCUT2D eigenvalue weighted by Crippen LogP contribution is 2.21. The molecule has 10 heteroatoms. The van der Waals surface area contributed by atoms with Crippen molar-refractivity contribution in [2.24, 2.45) is 0 Å². The summed E-state index contributed by atoms with van der Waals surface area (Å²) in [6, 6.07) is 9.85. The maximum atomic E-state index is 13.8. The minimum atomic E-state index is -4.02. The monoisotopic (exact) mass is 475 g/mol. The number of hydrogen-bond donors (Lipinski definition) is 1. The van der Waals surface area contributed by atoms with Gasteiger partial charge in [-0.15, -0.1) is 0 Å². The molecule has 0 saturated carbocycles. The first-order valence-corrected chi connectivity index (χ1v) is 12.3. The van der Waals surface area contributed by atoms with Crippen LogP contribution >= 0.6 is 0 Å². The zero-order valence-corrected chi connectivity index (χ0v) is 19.1. The van der Waals surface area contributed by atoms with Crippen LogP contribution in [0.25, 0.3) is 0 Å². The van der Waals surface area contributed by atoms with Crippen LogP contribution in [0.4, 0.5) is 10.1 Å². The Bertz CT molecular complexity index is 1160. The Kier molecular flexibility index (Phi) is 6.66. The Hall–Kier alpha value is -2.98. The Morgan fingerprint density at radius 1 is 1.06 bits per heavy atom. The first-order chi connectivity index (χ1) is 15.7. The van der Waals surface area contributed by atoms with Crippen LogP contribution in [0.5, 0.6) is 0 Å². The van der Waals surface area contributed by atoms with Crippen molar-refractivity contribution in [3.05, 3.63) is 59.4 Å². The van der Waals surface area contributed by atoms with Crippen LogP contribution in [0.1, 0.15) is 28.8 Å². The maximum absolute atomic E-state index is 13.8. The van der Waals surface area contributed by atoms with Gasteiger partial charge in [0.25, 0.3) is 21.8 Å². The molecule has 2 amide bonds. The van der Waals surface area contributed by atoms with Gasteiger partial charge in [-0.25, -0.2) is 12.8 Å². The van der Waals surface area contributed by atoms with Gasteiger partial charge in [-0.3, -0.25) is 14.3 Å². The normalized spacial score (nSPS) is 18.9. The lowest BCUT2D eigenvalue weighted by Crippen LogP contribution is -2.52. The standard InChI is InChI=1S/C23H26FN3O5S/c1-16-7-8-19(15-20(16)24)33(30,31)25-18-5-2-4-17(14-18)22(28)26-9-11-27(12-10-26)23(29)21-6-3-13-32-21/h2,4-5,7-8,14-15,21,25H,3,6,9-13H2,1H3. The Labute approximate surface area is 192 Å². The van der Waals surface area contributed by atoms with Crippen LogP contribution in [0.15, 0.2) is 47.4 Å². The number of sulfonamides is 1. The van der Waals surface area contributed by atoms with Gasteiger partial charge in [-0.2, -0.15) is 0 Å². The Balaban J connectivity index is 1.40. The topological polar surface area (TPSA) is 96.0 Å². The van der Waals surface area contributed by atoms with Crippen molar-refractivity contribution in [3.63, 3.8) is 0 Å². The summed E-state index contributed by atoms with van der Waals surface area (Å²) < 4.78 is 46.9. The van der Waals surface area contributed by atoms with E-state index in [9.17, 15) is 22.4 Å². The van der Waals surface area contributed by atoms with Crippen LogP contribution < -0.4 is 4.72 Å². The molecule has 0 spiro atoms. The molecule has 1 unspecified atom stereocenters. The van der Waals surface area contributed by atoms with Crippen molar-refractivity contribution in [3.8, 4) is 0 Å². The zero-order valence-electron chi connectivity index (χ0n) is 18.3. The van der Waals surface area contributed by atoms with E-state index in [0.29, 0.717) is 43.9 Å². The molecule has 2 saturated heterocycles. The van der Waals surface area contributed by atoms with Crippen molar-refractivity contribution < 1.29 is 27.1 Å². The predicted octanol–water partition coefficient (Wildman–Crippen LogP) is 2.40. The van der Waals surface area contributed by atoms with Crippen LogP contribution in [-0.2, 0) is 19.6 Å². The predicted molar refractivity (Wildman–Crippen MR) is 120 cm³/mol. The van der Waals surface area contributed by atoms with Crippen molar-refractivity contribution >= 4 is 27.5 Å². The van der Waals surface area contributed by atoms with E-state index >= 15 is 0 Å². The molecule has 33 heavy (non-hydrogen) atoms. The number of rotatable bonds is 5. The lowest BCUT2D eigenvalue weighted by molar-refractivity contribution is -0.142. The third kappa shape index (κ3) is 5.17. The summed E-state index contributed by atoms with van der Waals surface area (Å²) in [6.45, 7) is 3.78. The molecule has 2 fully saturated rings. The molecule has 0 aliphatic carbocycles. The summed E-state index contributed by atoms with van der Waals surface area (Å²) in [4.78, 5) is 28.6. The molecule has 0 radical (unpaired) electrons. The van der Waals surface area contributed by atoms with Gasteiger partial charge in [-0.1, -0.05) is 12.1 Å². The number of hydrogen-bond acceptors (Lipinski definition) is 5. The first-order valence-electron chi connectivity index (χ1n) is 10.8. The average molecular weight is 476 g/mol. The number of amides is 2. The lowest BCUT2D eigenvalue weighted by atomic mass is 10.1. The molecule has 0 bridgehead atoms. The van der Waals surface area contributed by atoms with E-state index in [2.05, 4.69) is 4.72 Å². The Morgan fingerprint density at radius 3 is 2.45 bits per heavy atom. The van der Waals surface area contributed by atoms with E-state index in [4.69, 9.17) is 4.74 Å². The lowest BCUT2D eigenvalue weighted by Gasteiger charge is -2.35. The van der Waals surface area contributed by atoms with Crippen molar-refractivity contribution in [2.75, 3.05) is 37.5 Å². The smallest absolute Gasteiger partial charge is 0.261 e. The minimum Gasteiger partial charge on any atom is -0.368 e. The number of nitrogens with zero attached hydrogens (tertiary/aromatic N) is 2. The molecule has 2 aromatic rings. The number of ether oxygens (including phenoxy) is 1. The maximum Gasteiger partial charge on any atom is 0.261 e. The second-order valence-electron chi connectivity index (χ2n) is 8.22. The second kappa shape index (κ2) is 9.48. The van der Waals surface area contributed by atoms with E-state index in [0.717, 1.165) is 18.9 Å². The molecule has 0 aromatic heterocycles. The van der Waals surface area contributed by atoms with Crippen LogP contribution in [0, 0.1) is 12.7 Å². The fraction of sp³-hybridized carbons (Fsp3) is 0.391. The summed E-state index contributed by atoms with van der Waals surface area (Å²) in [5, 5.41) is 0. The molecule has 4 rings (SSSR count). The van der Waals surface area contributed by atoms with Crippen LogP contribution in [-0.4, -0.2) is 68.9 Å². The molecule has 1 atom stereocenters. The van der Waals surface area contributed by atoms with Gasteiger partial charge in [0.1, 0.15) is 11.9 Å². The number of nitrogens with one attached hydrogen (secondary N) is 1. The van der Waals surface area contributed by atoms with E-state index in [1.165, 1.54) is 24.3 Å². The number of benzene rings is 2. The van der Waals surface area contributed by atoms with Gasteiger partial charge in [0.2, 0.25) is 0 Å². The van der Waals surface area contributed by atoms with Gasteiger partial charge >= 0.3 is 0 Å². The van der Waals surface area contributed by atoms with Crippen molar-refractivity contribution in [2.45, 2.75) is 30.8 Å². The van der Waals surface area contributed by atoms with E-state index in [1.807, 2.05) is 0 Å². The van der Waals surface area contributed by atoms with Crippen LogP contribution in [0.2, 0.25) is 0 Å². The number of carbonyl (C=O) groups is 2. The highest BCUT2D eigenvalue weighted by atomic mass is 32.2. The third-order valence-corrected chi connectivity index (χ3v) is 7.28. The molecule has 2 aromatic carbocycles. The van der Waals surface area contributed by atoms with E-state index in [1.54, 1.807) is 28.9 Å². The first kappa shape index (κ1) is 23.2. The van der Waals surface area contributed by atoms with Gasteiger partial charge in [0, 0.05) is 44.0 Å². The summed E-state index contributed by atoms with van der Waals surface area (Å²) in [6.07, 6.45) is 1.24. The molecule has 1 N–H and O–H groups in total. The Morgan fingerprint density at radius 2 is 1.79 bits per heavy atom. The number of carbonyl (C=O) groups excluding carboxylic acids is 2. The molecule has 176 valence electrons. The SMILES string of the molecule is Cc1ccc(S(=O)(=O)Nc2cccc(C(=O)N3CCN(C(=O)C4CCCO4)CC3)c2)cc1F. The van der Waals surface area contributed by atoms with Crippen LogP contribution in [0.3, 0.4) is 0 Å². The van der Waals surface area contributed by atoms with Crippen molar-refractivity contribution in [1.29, 1.82) is 0 Å². The summed E-state index contributed by atoms with van der Waals surface area (Å²) in [7, 11) is -4.02. The number of anilines is 1. The summed E-state index contributed by atoms with van der Waals surface area (Å²) in [5.74, 6) is -0.885. The third-order valence-electron chi connectivity index (χ3n) is 5.90. The number of aryl methyl sites for hydroxylation is 1. The fourth-order valence-corrected chi connectivity index (χ4v) is 5.02. The molecular weight excluding hydrogens is 449 g/mol. The zero-order chi connectivity index (χ0) is 23.6. The average Bonchev–Trinajstić information content (AvgIpc) is 3.35. The van der Waals surface area contributed by atoms with E-state index < -0.39 is 15.8 Å². The summed E-state index contributed by atoms with van der Waals surface area (Å²) in [5.41, 5.74) is 0.873.